The molecule has 3 aromatic carbocycles. The molecule has 180 valence electrons. The average molecular weight is 496 g/mol. The van der Waals surface area contributed by atoms with E-state index in [0.717, 1.165) is 33.7 Å². The summed E-state index contributed by atoms with van der Waals surface area (Å²) in [7, 11) is 0. The largest absolute Gasteiger partial charge is 0.490 e. The van der Waals surface area contributed by atoms with Crippen LogP contribution in [-0.4, -0.2) is 35.0 Å². The van der Waals surface area contributed by atoms with Gasteiger partial charge in [-0.1, -0.05) is 60.3 Å². The first-order valence-electron chi connectivity index (χ1n) is 11.6. The predicted molar refractivity (Wildman–Crippen MR) is 145 cm³/mol. The van der Waals surface area contributed by atoms with Gasteiger partial charge >= 0.3 is 0 Å². The van der Waals surface area contributed by atoms with Gasteiger partial charge in [-0.25, -0.2) is 0 Å². The van der Waals surface area contributed by atoms with Crippen molar-refractivity contribution in [2.75, 3.05) is 13.2 Å². The molecule has 0 spiro atoms. The number of aliphatic imine (C=N–C) groups is 1. The number of ether oxygens (including phenoxy) is 2. The number of nitrogens with one attached hydrogen (secondary N) is 1. The van der Waals surface area contributed by atoms with Gasteiger partial charge in [0.2, 0.25) is 0 Å². The smallest absolute Gasteiger partial charge is 0.283 e. The highest BCUT2D eigenvalue weighted by molar-refractivity contribution is 8.17. The van der Waals surface area contributed by atoms with E-state index in [1.807, 2.05) is 86.0 Å². The lowest BCUT2D eigenvalue weighted by Crippen LogP contribution is -2.38. The van der Waals surface area contributed by atoms with Crippen LogP contribution in [0.3, 0.4) is 0 Å². The van der Waals surface area contributed by atoms with Crippen molar-refractivity contribution in [1.82, 2.24) is 4.90 Å². The minimum atomic E-state index is -0.412. The quantitative estimate of drug-likeness (QED) is 0.318. The van der Waals surface area contributed by atoms with Crippen LogP contribution in [0.25, 0.3) is 11.8 Å². The summed E-state index contributed by atoms with van der Waals surface area (Å²) in [6, 6.07) is 23.3. The second-order valence-corrected chi connectivity index (χ2v) is 9.35. The van der Waals surface area contributed by atoms with E-state index >= 15 is 0 Å². The van der Waals surface area contributed by atoms with E-state index in [0.29, 0.717) is 24.1 Å². The predicted octanol–water partition coefficient (Wildman–Crippen LogP) is 6.07. The SMILES string of the molecule is Cc1cc(C)cc(OCCOc2ccc(C=C3C(=N)N4C(c5ccccc5)=CSC4=NC3=O)cc2)c1. The zero-order valence-corrected chi connectivity index (χ0v) is 20.8. The van der Waals surface area contributed by atoms with E-state index in [2.05, 4.69) is 11.1 Å². The fraction of sp³-hybridized carbons (Fsp3) is 0.138. The summed E-state index contributed by atoms with van der Waals surface area (Å²) < 4.78 is 11.6. The second-order valence-electron chi connectivity index (χ2n) is 8.52. The highest BCUT2D eigenvalue weighted by atomic mass is 32.2. The standard InChI is InChI=1S/C29H25N3O3S/c1-19-14-20(2)16-24(15-19)35-13-12-34-23-10-8-21(9-11-23)17-25-27(30)32-26(22-6-4-3-5-7-22)18-36-29(32)31-28(25)33/h3-11,14-18,30H,12-13H2,1-2H3. The number of carbonyl (C=O) groups is 1. The van der Waals surface area contributed by atoms with Gasteiger partial charge in [-0.05, 0) is 66.4 Å². The Kier molecular flexibility index (Phi) is 6.73. The normalized spacial score (nSPS) is 16.1. The Hall–Kier alpha value is -4.10. The molecule has 0 radical (unpaired) electrons. The monoisotopic (exact) mass is 495 g/mol. The molecule has 5 rings (SSSR count). The van der Waals surface area contributed by atoms with E-state index in [1.165, 1.54) is 11.8 Å². The Morgan fingerprint density at radius 2 is 1.58 bits per heavy atom. The summed E-state index contributed by atoms with van der Waals surface area (Å²) >= 11 is 1.35. The van der Waals surface area contributed by atoms with E-state index in [9.17, 15) is 4.79 Å². The third-order valence-corrected chi connectivity index (χ3v) is 6.52. The number of amides is 1. The molecule has 0 aromatic heterocycles. The number of rotatable bonds is 7. The first-order valence-corrected chi connectivity index (χ1v) is 12.5. The van der Waals surface area contributed by atoms with Gasteiger partial charge in [0.1, 0.15) is 30.5 Å². The van der Waals surface area contributed by atoms with Gasteiger partial charge in [-0.3, -0.25) is 15.1 Å². The van der Waals surface area contributed by atoms with Gasteiger partial charge in [-0.2, -0.15) is 4.99 Å². The molecule has 6 nitrogen and oxygen atoms in total. The van der Waals surface area contributed by atoms with E-state index in [-0.39, 0.29) is 11.4 Å². The van der Waals surface area contributed by atoms with Gasteiger partial charge in [-0.15, -0.1) is 0 Å². The van der Waals surface area contributed by atoms with Crippen molar-refractivity contribution < 1.29 is 14.3 Å². The van der Waals surface area contributed by atoms with Crippen LogP contribution in [0.5, 0.6) is 11.5 Å². The zero-order valence-electron chi connectivity index (χ0n) is 20.0. The number of nitrogens with zero attached hydrogens (tertiary/aromatic N) is 2. The van der Waals surface area contributed by atoms with Crippen molar-refractivity contribution in [3.63, 3.8) is 0 Å². The molecule has 2 aliphatic rings. The third kappa shape index (κ3) is 5.11. The fourth-order valence-corrected chi connectivity index (χ4v) is 4.97. The average Bonchev–Trinajstić information content (AvgIpc) is 3.29. The highest BCUT2D eigenvalue weighted by Gasteiger charge is 2.36. The Morgan fingerprint density at radius 3 is 2.28 bits per heavy atom. The molecule has 0 atom stereocenters. The summed E-state index contributed by atoms with van der Waals surface area (Å²) in [5.74, 6) is 1.25. The number of amidine groups is 2. The minimum Gasteiger partial charge on any atom is -0.490 e. The van der Waals surface area contributed by atoms with Crippen LogP contribution in [0.1, 0.15) is 22.3 Å². The molecule has 3 aromatic rings. The lowest BCUT2D eigenvalue weighted by atomic mass is 10.1. The van der Waals surface area contributed by atoms with E-state index in [1.54, 1.807) is 11.0 Å². The Balaban J connectivity index is 1.23. The number of thioether (sulfide) groups is 1. The molecule has 0 saturated heterocycles. The molecule has 0 bridgehead atoms. The van der Waals surface area contributed by atoms with Crippen molar-refractivity contribution in [3.05, 3.63) is 106 Å². The summed E-state index contributed by atoms with van der Waals surface area (Å²) in [4.78, 5) is 18.6. The number of aryl methyl sites for hydroxylation is 2. The van der Waals surface area contributed by atoms with Crippen LogP contribution in [0.4, 0.5) is 0 Å². The van der Waals surface area contributed by atoms with Gasteiger partial charge < -0.3 is 9.47 Å². The molecule has 1 amide bonds. The van der Waals surface area contributed by atoms with Crippen molar-refractivity contribution in [1.29, 1.82) is 5.41 Å². The van der Waals surface area contributed by atoms with Crippen LogP contribution >= 0.6 is 11.8 Å². The molecule has 0 fully saturated rings. The summed E-state index contributed by atoms with van der Waals surface area (Å²) in [6.07, 6.45) is 1.70. The molecule has 0 unspecified atom stereocenters. The molecular weight excluding hydrogens is 470 g/mol. The van der Waals surface area contributed by atoms with Crippen molar-refractivity contribution in [3.8, 4) is 11.5 Å². The van der Waals surface area contributed by atoms with Gasteiger partial charge in [0.15, 0.2) is 5.17 Å². The topological polar surface area (TPSA) is 75.0 Å². The van der Waals surface area contributed by atoms with Crippen molar-refractivity contribution in [2.45, 2.75) is 13.8 Å². The third-order valence-electron chi connectivity index (χ3n) is 5.69. The number of hydrogen-bond donors (Lipinski definition) is 1. The molecule has 1 N–H and O–H groups in total. The number of fused-ring (bicyclic) bond motifs is 1. The maximum atomic E-state index is 12.7. The molecule has 0 aliphatic carbocycles. The van der Waals surface area contributed by atoms with Crippen LogP contribution in [0.2, 0.25) is 0 Å². The summed E-state index contributed by atoms with van der Waals surface area (Å²) in [5, 5.41) is 11.2. The van der Waals surface area contributed by atoms with Crippen LogP contribution in [0.15, 0.2) is 88.8 Å². The molecule has 2 aliphatic heterocycles. The molecule has 2 heterocycles. The number of carbonyl (C=O) groups excluding carboxylic acids is 1. The summed E-state index contributed by atoms with van der Waals surface area (Å²) in [5.41, 5.74) is 5.18. The Bertz CT molecular complexity index is 1390. The molecule has 7 heteroatoms. The van der Waals surface area contributed by atoms with E-state index < -0.39 is 5.91 Å². The first-order chi connectivity index (χ1) is 17.5. The molecule has 0 saturated carbocycles. The number of hydrogen-bond acceptors (Lipinski definition) is 5. The zero-order chi connectivity index (χ0) is 25.1. The van der Waals surface area contributed by atoms with E-state index in [4.69, 9.17) is 14.9 Å². The lowest BCUT2D eigenvalue weighted by molar-refractivity contribution is -0.114. The van der Waals surface area contributed by atoms with Gasteiger partial charge in [0.25, 0.3) is 5.91 Å². The van der Waals surface area contributed by atoms with Crippen molar-refractivity contribution in [2.24, 2.45) is 4.99 Å². The van der Waals surface area contributed by atoms with Gasteiger partial charge in [0, 0.05) is 5.41 Å². The molecule has 36 heavy (non-hydrogen) atoms. The maximum absolute atomic E-state index is 12.7. The molecular formula is C29H25N3O3S. The summed E-state index contributed by atoms with van der Waals surface area (Å²) in [6.45, 7) is 4.94. The highest BCUT2D eigenvalue weighted by Crippen LogP contribution is 2.37. The van der Waals surface area contributed by atoms with Crippen LogP contribution in [0, 0.1) is 19.3 Å². The Morgan fingerprint density at radius 1 is 0.917 bits per heavy atom. The first kappa shape index (κ1) is 23.6. The number of benzene rings is 3. The van der Waals surface area contributed by atoms with Crippen molar-refractivity contribution >= 4 is 40.4 Å². The minimum absolute atomic E-state index is 0.119. The maximum Gasteiger partial charge on any atom is 0.283 e. The Labute approximate surface area is 214 Å². The van der Waals surface area contributed by atoms with Crippen LogP contribution < -0.4 is 9.47 Å². The van der Waals surface area contributed by atoms with Gasteiger partial charge in [0.05, 0.1) is 11.3 Å². The lowest BCUT2D eigenvalue weighted by Gasteiger charge is -2.26. The fourth-order valence-electron chi connectivity index (χ4n) is 4.08. The second kappa shape index (κ2) is 10.3. The van der Waals surface area contributed by atoms with Crippen LogP contribution in [-0.2, 0) is 4.79 Å².